The molecule has 2 aromatic rings. The van der Waals surface area contributed by atoms with Crippen LogP contribution in [0, 0.1) is 13.8 Å². The van der Waals surface area contributed by atoms with Gasteiger partial charge in [0.2, 0.25) is 4.47 Å². The van der Waals surface area contributed by atoms with Crippen LogP contribution in [0.4, 0.5) is 0 Å². The number of hydrogen-bond donors (Lipinski definition) is 0. The summed E-state index contributed by atoms with van der Waals surface area (Å²) in [6, 6.07) is 2.12. The summed E-state index contributed by atoms with van der Waals surface area (Å²) >= 11 is 8.85. The van der Waals surface area contributed by atoms with Crippen molar-refractivity contribution in [2.24, 2.45) is 0 Å². The molecule has 0 atom stereocenters. The number of thiophene rings is 1. The molecule has 0 saturated carbocycles. The first kappa shape index (κ1) is 9.12. The van der Waals surface area contributed by atoms with Gasteiger partial charge in [0.15, 0.2) is 5.01 Å². The minimum absolute atomic E-state index is 0.499. The molecule has 0 aromatic carbocycles. The number of halogens is 1. The number of rotatable bonds is 1. The Kier molecular flexibility index (Phi) is 2.36. The van der Waals surface area contributed by atoms with Crippen LogP contribution in [0.25, 0.3) is 9.88 Å². The molecule has 0 N–H and O–H groups in total. The Morgan fingerprint density at radius 1 is 1.23 bits per heavy atom. The smallest absolute Gasteiger partial charge is 0.138 e. The molecule has 0 bridgehead atoms. The molecule has 13 heavy (non-hydrogen) atoms. The molecule has 0 aliphatic rings. The third-order valence-electron chi connectivity index (χ3n) is 1.78. The van der Waals surface area contributed by atoms with Gasteiger partial charge in [0.05, 0.1) is 4.88 Å². The highest BCUT2D eigenvalue weighted by atomic mass is 35.5. The van der Waals surface area contributed by atoms with Crippen molar-refractivity contribution in [2.75, 3.05) is 0 Å². The number of hydrogen-bond acceptors (Lipinski definition) is 4. The minimum Gasteiger partial charge on any atom is -0.138 e. The fourth-order valence-corrected chi connectivity index (χ4v) is 2.89. The number of aryl methyl sites for hydroxylation is 2. The summed E-state index contributed by atoms with van der Waals surface area (Å²) in [5.74, 6) is 0. The predicted molar refractivity (Wildman–Crippen MR) is 57.7 cm³/mol. The van der Waals surface area contributed by atoms with Gasteiger partial charge in [-0.3, -0.25) is 0 Å². The van der Waals surface area contributed by atoms with Crippen molar-refractivity contribution in [1.82, 2.24) is 10.2 Å². The molecule has 0 fully saturated rings. The normalized spacial score (nSPS) is 10.7. The van der Waals surface area contributed by atoms with E-state index in [0.29, 0.717) is 4.47 Å². The van der Waals surface area contributed by atoms with Crippen molar-refractivity contribution >= 4 is 34.3 Å². The van der Waals surface area contributed by atoms with Crippen LogP contribution in [0.2, 0.25) is 4.47 Å². The summed E-state index contributed by atoms with van der Waals surface area (Å²) in [6.45, 7) is 4.20. The molecule has 2 heterocycles. The number of nitrogens with zero attached hydrogens (tertiary/aromatic N) is 2. The van der Waals surface area contributed by atoms with Crippen molar-refractivity contribution in [3.63, 3.8) is 0 Å². The van der Waals surface area contributed by atoms with Gasteiger partial charge >= 0.3 is 0 Å². The van der Waals surface area contributed by atoms with E-state index in [1.807, 2.05) is 0 Å². The predicted octanol–water partition coefficient (Wildman–Crippen LogP) is 3.54. The maximum absolute atomic E-state index is 5.71. The van der Waals surface area contributed by atoms with Gasteiger partial charge in [0.1, 0.15) is 0 Å². The molecule has 0 spiro atoms. The molecule has 0 saturated heterocycles. The Bertz CT molecular complexity index is 414. The monoisotopic (exact) mass is 230 g/mol. The molecular weight excluding hydrogens is 224 g/mol. The Balaban J connectivity index is 2.46. The Morgan fingerprint density at radius 2 is 2.00 bits per heavy atom. The lowest BCUT2D eigenvalue weighted by Crippen LogP contribution is -1.69. The van der Waals surface area contributed by atoms with Crippen molar-refractivity contribution in [3.8, 4) is 9.88 Å². The molecule has 0 amide bonds. The van der Waals surface area contributed by atoms with Gasteiger partial charge in [-0.15, -0.1) is 21.5 Å². The van der Waals surface area contributed by atoms with Crippen LogP contribution in [-0.2, 0) is 0 Å². The summed E-state index contributed by atoms with van der Waals surface area (Å²) in [4.78, 5) is 2.47. The van der Waals surface area contributed by atoms with E-state index in [1.165, 1.54) is 21.8 Å². The van der Waals surface area contributed by atoms with E-state index in [4.69, 9.17) is 11.6 Å². The van der Waals surface area contributed by atoms with E-state index in [9.17, 15) is 0 Å². The Morgan fingerprint density at radius 3 is 2.46 bits per heavy atom. The summed E-state index contributed by atoms with van der Waals surface area (Å²) in [6.07, 6.45) is 0. The first-order valence-electron chi connectivity index (χ1n) is 3.73. The molecule has 2 nitrogen and oxygen atoms in total. The lowest BCUT2D eigenvalue weighted by molar-refractivity contribution is 1.10. The molecule has 2 aromatic heterocycles. The van der Waals surface area contributed by atoms with E-state index in [0.717, 1.165) is 9.88 Å². The Labute approximate surface area is 89.2 Å². The lowest BCUT2D eigenvalue weighted by atomic mass is 10.3. The van der Waals surface area contributed by atoms with Crippen molar-refractivity contribution in [2.45, 2.75) is 13.8 Å². The SMILES string of the molecule is Cc1cc(-c2nnc(Cl)s2)sc1C. The van der Waals surface area contributed by atoms with Crippen molar-refractivity contribution in [3.05, 3.63) is 21.0 Å². The van der Waals surface area contributed by atoms with E-state index < -0.39 is 0 Å². The molecule has 0 radical (unpaired) electrons. The van der Waals surface area contributed by atoms with E-state index in [-0.39, 0.29) is 0 Å². The lowest BCUT2D eigenvalue weighted by Gasteiger charge is -1.82. The van der Waals surface area contributed by atoms with Crippen LogP contribution in [-0.4, -0.2) is 10.2 Å². The van der Waals surface area contributed by atoms with E-state index in [2.05, 4.69) is 30.1 Å². The zero-order valence-electron chi connectivity index (χ0n) is 7.17. The average molecular weight is 231 g/mol. The summed E-state index contributed by atoms with van der Waals surface area (Å²) < 4.78 is 0.499. The fourth-order valence-electron chi connectivity index (χ4n) is 0.983. The van der Waals surface area contributed by atoms with E-state index >= 15 is 0 Å². The highest BCUT2D eigenvalue weighted by Gasteiger charge is 2.08. The highest BCUT2D eigenvalue weighted by Crippen LogP contribution is 2.33. The zero-order chi connectivity index (χ0) is 9.42. The van der Waals surface area contributed by atoms with Gasteiger partial charge in [-0.1, -0.05) is 11.3 Å². The molecular formula is C8H7ClN2S2. The maximum Gasteiger partial charge on any atom is 0.207 e. The first-order chi connectivity index (χ1) is 6.16. The zero-order valence-corrected chi connectivity index (χ0v) is 9.56. The molecule has 0 aliphatic heterocycles. The van der Waals surface area contributed by atoms with Gasteiger partial charge in [-0.25, -0.2) is 0 Å². The molecule has 68 valence electrons. The van der Waals surface area contributed by atoms with Crippen LogP contribution in [0.1, 0.15) is 10.4 Å². The highest BCUT2D eigenvalue weighted by molar-refractivity contribution is 7.23. The first-order valence-corrected chi connectivity index (χ1v) is 5.74. The van der Waals surface area contributed by atoms with Crippen molar-refractivity contribution in [1.29, 1.82) is 0 Å². The van der Waals surface area contributed by atoms with Crippen LogP contribution >= 0.6 is 34.3 Å². The summed E-state index contributed by atoms with van der Waals surface area (Å²) in [7, 11) is 0. The second-order valence-electron chi connectivity index (χ2n) is 2.71. The van der Waals surface area contributed by atoms with Gasteiger partial charge in [-0.2, -0.15) is 0 Å². The van der Waals surface area contributed by atoms with Gasteiger partial charge < -0.3 is 0 Å². The van der Waals surface area contributed by atoms with Gasteiger partial charge in [0, 0.05) is 4.88 Å². The molecule has 5 heteroatoms. The second-order valence-corrected chi connectivity index (χ2v) is 5.53. The molecule has 0 aliphatic carbocycles. The summed E-state index contributed by atoms with van der Waals surface area (Å²) in [5, 5.41) is 8.67. The third-order valence-corrected chi connectivity index (χ3v) is 4.12. The van der Waals surface area contributed by atoms with E-state index in [1.54, 1.807) is 11.3 Å². The van der Waals surface area contributed by atoms with Gasteiger partial charge in [-0.05, 0) is 37.1 Å². The fraction of sp³-hybridized carbons (Fsp3) is 0.250. The topological polar surface area (TPSA) is 25.8 Å². The second kappa shape index (κ2) is 3.36. The largest absolute Gasteiger partial charge is 0.207 e. The number of aromatic nitrogens is 2. The molecule has 0 unspecified atom stereocenters. The standard InChI is InChI=1S/C8H7ClN2S2/c1-4-3-6(12-5(4)2)7-10-11-8(9)13-7/h3H,1-2H3. The van der Waals surface area contributed by atoms with Crippen LogP contribution < -0.4 is 0 Å². The summed E-state index contributed by atoms with van der Waals surface area (Å²) in [5.41, 5.74) is 1.30. The van der Waals surface area contributed by atoms with Crippen LogP contribution in [0.3, 0.4) is 0 Å². The molecule has 2 rings (SSSR count). The Hall–Kier alpha value is -0.450. The minimum atomic E-state index is 0.499. The third kappa shape index (κ3) is 1.75. The van der Waals surface area contributed by atoms with Crippen LogP contribution in [0.5, 0.6) is 0 Å². The van der Waals surface area contributed by atoms with Crippen LogP contribution in [0.15, 0.2) is 6.07 Å². The quantitative estimate of drug-likeness (QED) is 0.749. The van der Waals surface area contributed by atoms with Crippen molar-refractivity contribution < 1.29 is 0 Å². The maximum atomic E-state index is 5.71. The van der Waals surface area contributed by atoms with Gasteiger partial charge in [0.25, 0.3) is 0 Å². The average Bonchev–Trinajstić information content (AvgIpc) is 2.61.